The standard InChI is InChI=1S/C22H11F6N2.C7H6O2.Ir/c23-21(24,25)15-9-5-13(6-10-15)19-20(30-18-4-2-1-3-17(18)29-19)14-7-11-16(12-8-14)22(26,27)28;8-5-6-3-1-2-4-7(6)9;/h1-7,9-12H;1-5,9H;/q-1;;. The van der Waals surface area contributed by atoms with Crippen LogP contribution >= 0.6 is 0 Å². The second-order valence-corrected chi connectivity index (χ2v) is 8.15. The van der Waals surface area contributed by atoms with E-state index in [1.54, 1.807) is 42.5 Å². The fourth-order valence-electron chi connectivity index (χ4n) is 3.54. The molecule has 0 aliphatic rings. The summed E-state index contributed by atoms with van der Waals surface area (Å²) in [6, 6.07) is 23.1. The number of nitrogens with zero attached hydrogens (tertiary/aromatic N) is 2. The van der Waals surface area contributed by atoms with Gasteiger partial charge >= 0.3 is 12.4 Å². The van der Waals surface area contributed by atoms with Crippen molar-refractivity contribution in [2.24, 2.45) is 0 Å². The van der Waals surface area contributed by atoms with E-state index in [4.69, 9.17) is 5.11 Å². The Hall–Kier alpha value is -4.08. The molecule has 4 aromatic carbocycles. The number of aldehydes is 1. The maximum absolute atomic E-state index is 12.9. The van der Waals surface area contributed by atoms with Crippen LogP contribution in [0, 0.1) is 6.07 Å². The molecular formula is C29H17F6IrN2O2-. The molecule has 1 heterocycles. The maximum Gasteiger partial charge on any atom is 0.416 e. The first kappa shape index (κ1) is 30.5. The van der Waals surface area contributed by atoms with E-state index in [0.29, 0.717) is 28.4 Å². The van der Waals surface area contributed by atoms with E-state index in [-0.39, 0.29) is 42.8 Å². The van der Waals surface area contributed by atoms with Gasteiger partial charge < -0.3 is 5.11 Å². The quantitative estimate of drug-likeness (QED) is 0.116. The summed E-state index contributed by atoms with van der Waals surface area (Å²) in [5, 5.41) is 8.88. The van der Waals surface area contributed by atoms with Crippen molar-refractivity contribution in [1.82, 2.24) is 9.97 Å². The van der Waals surface area contributed by atoms with Crippen LogP contribution in [0.15, 0.2) is 91.0 Å². The number of carbonyl (C=O) groups excluding carboxylic acids is 1. The van der Waals surface area contributed by atoms with Crippen LogP contribution in [0.2, 0.25) is 0 Å². The molecular weight excluding hydrogens is 715 g/mol. The third-order valence-electron chi connectivity index (χ3n) is 5.52. The molecule has 0 spiro atoms. The first-order chi connectivity index (χ1) is 18.5. The van der Waals surface area contributed by atoms with Crippen molar-refractivity contribution in [3.05, 3.63) is 114 Å². The van der Waals surface area contributed by atoms with Crippen molar-refractivity contribution in [2.45, 2.75) is 12.4 Å². The molecule has 40 heavy (non-hydrogen) atoms. The number of halogens is 6. The molecule has 5 rings (SSSR count). The van der Waals surface area contributed by atoms with Crippen LogP contribution in [0.5, 0.6) is 5.75 Å². The van der Waals surface area contributed by atoms with Crippen molar-refractivity contribution in [3.8, 4) is 28.3 Å². The van der Waals surface area contributed by atoms with Gasteiger partial charge in [0.25, 0.3) is 0 Å². The maximum atomic E-state index is 12.9. The summed E-state index contributed by atoms with van der Waals surface area (Å²) >= 11 is 0. The Kier molecular flexibility index (Phi) is 9.44. The van der Waals surface area contributed by atoms with E-state index >= 15 is 0 Å². The van der Waals surface area contributed by atoms with E-state index in [0.717, 1.165) is 24.3 Å². The topological polar surface area (TPSA) is 63.1 Å². The minimum atomic E-state index is -4.51. The zero-order valence-corrected chi connectivity index (χ0v) is 22.5. The van der Waals surface area contributed by atoms with Gasteiger partial charge in [-0.2, -0.15) is 26.3 Å². The van der Waals surface area contributed by atoms with Gasteiger partial charge in [0.15, 0.2) is 6.29 Å². The summed E-state index contributed by atoms with van der Waals surface area (Å²) in [6.07, 6.45) is -8.38. The minimum Gasteiger partial charge on any atom is -0.507 e. The van der Waals surface area contributed by atoms with Crippen LogP contribution in [-0.4, -0.2) is 21.4 Å². The summed E-state index contributed by atoms with van der Waals surface area (Å²) in [5.74, 6) is 0.0347. The van der Waals surface area contributed by atoms with Crippen molar-refractivity contribution in [3.63, 3.8) is 0 Å². The molecule has 0 fully saturated rings. The number of aromatic nitrogens is 2. The summed E-state index contributed by atoms with van der Waals surface area (Å²) < 4.78 is 77.3. The van der Waals surface area contributed by atoms with Gasteiger partial charge in [0.1, 0.15) is 5.75 Å². The molecule has 0 bridgehead atoms. The van der Waals surface area contributed by atoms with Crippen LogP contribution in [-0.2, 0) is 32.5 Å². The Bertz CT molecular complexity index is 1510. The summed E-state index contributed by atoms with van der Waals surface area (Å²) in [7, 11) is 0. The molecule has 207 valence electrons. The second kappa shape index (κ2) is 12.4. The fourth-order valence-corrected chi connectivity index (χ4v) is 3.54. The Morgan fingerprint density at radius 3 is 1.68 bits per heavy atom. The van der Waals surface area contributed by atoms with Gasteiger partial charge in [-0.1, -0.05) is 36.4 Å². The van der Waals surface area contributed by atoms with Crippen molar-refractivity contribution >= 4 is 17.3 Å². The fraction of sp³-hybridized carbons (Fsp3) is 0.0690. The molecule has 0 aliphatic heterocycles. The largest absolute Gasteiger partial charge is 0.507 e. The second-order valence-electron chi connectivity index (χ2n) is 8.15. The number of hydrogen-bond acceptors (Lipinski definition) is 4. The van der Waals surface area contributed by atoms with Gasteiger partial charge in [-0.25, -0.2) is 0 Å². The monoisotopic (exact) mass is 732 g/mol. The number of alkyl halides is 6. The average Bonchev–Trinajstić information content (AvgIpc) is 2.92. The molecule has 5 aromatic rings. The van der Waals surface area contributed by atoms with Gasteiger partial charge in [-0.15, -0.1) is 29.8 Å². The molecule has 0 aliphatic carbocycles. The van der Waals surface area contributed by atoms with E-state index in [9.17, 15) is 31.1 Å². The molecule has 4 nitrogen and oxygen atoms in total. The predicted molar refractivity (Wildman–Crippen MR) is 133 cm³/mol. The number of carbonyl (C=O) groups is 1. The first-order valence-corrected chi connectivity index (χ1v) is 11.2. The van der Waals surface area contributed by atoms with E-state index < -0.39 is 23.5 Å². The van der Waals surface area contributed by atoms with Crippen LogP contribution in [0.25, 0.3) is 33.5 Å². The number of hydrogen-bond donors (Lipinski definition) is 1. The van der Waals surface area contributed by atoms with Gasteiger partial charge in [-0.3, -0.25) is 14.8 Å². The molecule has 0 unspecified atom stereocenters. The van der Waals surface area contributed by atoms with E-state index in [2.05, 4.69) is 16.0 Å². The number of para-hydroxylation sites is 3. The number of benzene rings is 4. The normalized spacial score (nSPS) is 11.2. The van der Waals surface area contributed by atoms with Crippen molar-refractivity contribution in [2.75, 3.05) is 0 Å². The molecule has 1 radical (unpaired) electrons. The Morgan fingerprint density at radius 1 is 0.675 bits per heavy atom. The zero-order chi connectivity index (χ0) is 28.2. The van der Waals surface area contributed by atoms with Gasteiger partial charge in [0.05, 0.1) is 27.9 Å². The number of phenolic OH excluding ortho intramolecular Hbond substituents is 1. The zero-order valence-electron chi connectivity index (χ0n) is 20.1. The molecule has 1 aromatic heterocycles. The average molecular weight is 732 g/mol. The Balaban J connectivity index is 0.000000377. The van der Waals surface area contributed by atoms with Crippen molar-refractivity contribution < 1.29 is 56.3 Å². The van der Waals surface area contributed by atoms with Crippen LogP contribution in [0.1, 0.15) is 21.5 Å². The van der Waals surface area contributed by atoms with E-state index in [1.165, 1.54) is 24.3 Å². The Morgan fingerprint density at radius 2 is 1.20 bits per heavy atom. The molecule has 0 amide bonds. The molecule has 0 atom stereocenters. The summed E-state index contributed by atoms with van der Waals surface area (Å²) in [5.41, 5.74) is 0.719. The molecule has 0 saturated heterocycles. The number of aromatic hydroxyl groups is 1. The van der Waals surface area contributed by atoms with Gasteiger partial charge in [0.2, 0.25) is 0 Å². The van der Waals surface area contributed by atoms with Gasteiger partial charge in [0, 0.05) is 25.8 Å². The predicted octanol–water partition coefficient (Wildman–Crippen LogP) is 8.00. The molecule has 11 heteroatoms. The number of rotatable bonds is 3. The smallest absolute Gasteiger partial charge is 0.416 e. The SMILES string of the molecule is FC(F)(F)c1c[c-]c(-c2nc3ccccc3nc2-c2ccc(C(F)(F)F)cc2)cc1.O=Cc1ccccc1O.[Ir]. The van der Waals surface area contributed by atoms with E-state index in [1.807, 2.05) is 0 Å². The Labute approximate surface area is 237 Å². The molecule has 1 N–H and O–H groups in total. The first-order valence-electron chi connectivity index (χ1n) is 11.2. The molecule has 0 saturated carbocycles. The minimum absolute atomic E-state index is 0. The third-order valence-corrected chi connectivity index (χ3v) is 5.52. The summed E-state index contributed by atoms with van der Waals surface area (Å²) in [6.45, 7) is 0. The number of phenols is 1. The van der Waals surface area contributed by atoms with Crippen LogP contribution in [0.4, 0.5) is 26.3 Å². The van der Waals surface area contributed by atoms with Gasteiger partial charge in [-0.05, 0) is 47.5 Å². The van der Waals surface area contributed by atoms with Crippen LogP contribution < -0.4 is 0 Å². The summed E-state index contributed by atoms with van der Waals surface area (Å²) in [4.78, 5) is 19.1. The van der Waals surface area contributed by atoms with Crippen LogP contribution in [0.3, 0.4) is 0 Å². The third kappa shape index (κ3) is 7.11. The van der Waals surface area contributed by atoms with Crippen molar-refractivity contribution in [1.29, 1.82) is 0 Å². The number of fused-ring (bicyclic) bond motifs is 1.